The van der Waals surface area contributed by atoms with Crippen molar-refractivity contribution in [2.24, 2.45) is 0 Å². The molecule has 2 aromatic rings. The van der Waals surface area contributed by atoms with Crippen molar-refractivity contribution in [3.63, 3.8) is 0 Å². The van der Waals surface area contributed by atoms with E-state index in [1.54, 1.807) is 6.07 Å². The maximum absolute atomic E-state index is 8.98. The normalized spacial score (nSPS) is 10.8. The van der Waals surface area contributed by atoms with E-state index in [2.05, 4.69) is 5.32 Å². The van der Waals surface area contributed by atoms with Gasteiger partial charge in [-0.2, -0.15) is 0 Å². The molecule has 4 heteroatoms. The molecule has 0 spiro atoms. The molecule has 0 aliphatic carbocycles. The number of hydrogen-bond donors (Lipinski definition) is 2. The van der Waals surface area contributed by atoms with Gasteiger partial charge < -0.3 is 10.4 Å². The van der Waals surface area contributed by atoms with Gasteiger partial charge in [-0.3, -0.25) is 0 Å². The topological polar surface area (TPSA) is 32.3 Å². The molecule has 0 unspecified atom stereocenters. The van der Waals surface area contributed by atoms with Crippen molar-refractivity contribution in [3.8, 4) is 0 Å². The minimum absolute atomic E-state index is 0.0861. The van der Waals surface area contributed by atoms with Crippen LogP contribution >= 0.6 is 23.2 Å². The lowest BCUT2D eigenvalue weighted by molar-refractivity contribution is 0.282. The summed E-state index contributed by atoms with van der Waals surface area (Å²) >= 11 is 12.0. The fourth-order valence-corrected chi connectivity index (χ4v) is 2.45. The van der Waals surface area contributed by atoms with Crippen LogP contribution in [0.5, 0.6) is 0 Å². The molecule has 0 atom stereocenters. The highest BCUT2D eigenvalue weighted by molar-refractivity contribution is 6.35. The summed E-state index contributed by atoms with van der Waals surface area (Å²) in [6.07, 6.45) is 0.866. The van der Waals surface area contributed by atoms with Crippen LogP contribution in [0.25, 0.3) is 0 Å². The van der Waals surface area contributed by atoms with Gasteiger partial charge in [-0.1, -0.05) is 53.5 Å². The van der Waals surface area contributed by atoms with Crippen molar-refractivity contribution in [1.82, 2.24) is 5.32 Å². The van der Waals surface area contributed by atoms with Gasteiger partial charge in [-0.15, -0.1) is 0 Å². The van der Waals surface area contributed by atoms with Gasteiger partial charge >= 0.3 is 0 Å². The second-order valence-electron chi connectivity index (χ2n) is 4.64. The predicted octanol–water partition coefficient (Wildman–Crippen LogP) is 3.82. The van der Waals surface area contributed by atoms with E-state index in [4.69, 9.17) is 28.3 Å². The molecule has 2 aromatic carbocycles. The third-order valence-corrected chi connectivity index (χ3v) is 3.71. The number of benzene rings is 2. The molecule has 2 N–H and O–H groups in total. The average molecular weight is 310 g/mol. The Morgan fingerprint density at radius 3 is 2.30 bits per heavy atom. The van der Waals surface area contributed by atoms with Crippen molar-refractivity contribution in [2.75, 3.05) is 6.54 Å². The van der Waals surface area contributed by atoms with Crippen LogP contribution in [-0.4, -0.2) is 11.7 Å². The first-order chi connectivity index (χ1) is 9.69. The van der Waals surface area contributed by atoms with E-state index in [0.717, 1.165) is 30.6 Å². The Bertz CT molecular complexity index is 555. The zero-order valence-corrected chi connectivity index (χ0v) is 12.6. The van der Waals surface area contributed by atoms with Gasteiger partial charge in [-0.25, -0.2) is 0 Å². The number of halogens is 2. The van der Waals surface area contributed by atoms with E-state index in [9.17, 15) is 0 Å². The molecule has 106 valence electrons. The second-order valence-corrected chi connectivity index (χ2v) is 5.48. The van der Waals surface area contributed by atoms with Gasteiger partial charge in [-0.05, 0) is 41.8 Å². The monoisotopic (exact) mass is 309 g/mol. The van der Waals surface area contributed by atoms with E-state index in [1.807, 2.05) is 36.4 Å². The third kappa shape index (κ3) is 4.50. The lowest BCUT2D eigenvalue weighted by Gasteiger charge is -2.07. The number of aliphatic hydroxyl groups is 1. The van der Waals surface area contributed by atoms with E-state index >= 15 is 0 Å². The highest BCUT2D eigenvalue weighted by atomic mass is 35.5. The molecule has 0 amide bonds. The summed E-state index contributed by atoms with van der Waals surface area (Å²) in [4.78, 5) is 0. The molecule has 0 bridgehead atoms. The summed E-state index contributed by atoms with van der Waals surface area (Å²) in [6, 6.07) is 13.5. The molecule has 0 heterocycles. The molecule has 2 nitrogen and oxygen atoms in total. The molecule has 0 aliphatic heterocycles. The standard InChI is InChI=1S/C16H17Cl2NO/c17-15-6-5-14(16(18)9-15)7-8-19-10-12-1-3-13(11-20)4-2-12/h1-6,9,19-20H,7-8,10-11H2. The van der Waals surface area contributed by atoms with Crippen LogP contribution in [0, 0.1) is 0 Å². The SMILES string of the molecule is OCc1ccc(CNCCc2ccc(Cl)cc2Cl)cc1. The van der Waals surface area contributed by atoms with Crippen LogP contribution in [0.3, 0.4) is 0 Å². The van der Waals surface area contributed by atoms with Gasteiger partial charge in [0.25, 0.3) is 0 Å². The number of hydrogen-bond acceptors (Lipinski definition) is 2. The Hall–Kier alpha value is -1.06. The maximum atomic E-state index is 8.98. The van der Waals surface area contributed by atoms with Crippen LogP contribution < -0.4 is 5.32 Å². The van der Waals surface area contributed by atoms with Crippen LogP contribution in [0.4, 0.5) is 0 Å². The molecule has 2 rings (SSSR count). The minimum Gasteiger partial charge on any atom is -0.392 e. The van der Waals surface area contributed by atoms with Crippen LogP contribution in [0.1, 0.15) is 16.7 Å². The third-order valence-electron chi connectivity index (χ3n) is 3.12. The number of nitrogens with one attached hydrogen (secondary N) is 1. The zero-order chi connectivity index (χ0) is 14.4. The highest BCUT2D eigenvalue weighted by Crippen LogP contribution is 2.21. The van der Waals surface area contributed by atoms with E-state index in [1.165, 1.54) is 5.56 Å². The summed E-state index contributed by atoms with van der Waals surface area (Å²) in [5.41, 5.74) is 3.23. The fourth-order valence-electron chi connectivity index (χ4n) is 1.94. The first kappa shape index (κ1) is 15.3. The van der Waals surface area contributed by atoms with Gasteiger partial charge in [0.2, 0.25) is 0 Å². The molecule has 0 saturated heterocycles. The lowest BCUT2D eigenvalue weighted by Crippen LogP contribution is -2.16. The van der Waals surface area contributed by atoms with Crippen LogP contribution in [0.2, 0.25) is 10.0 Å². The predicted molar refractivity (Wildman–Crippen MR) is 84.2 cm³/mol. The number of aliphatic hydroxyl groups excluding tert-OH is 1. The van der Waals surface area contributed by atoms with E-state index in [-0.39, 0.29) is 6.61 Å². The summed E-state index contributed by atoms with van der Waals surface area (Å²) in [5, 5.41) is 13.7. The highest BCUT2D eigenvalue weighted by Gasteiger charge is 2.01. The largest absolute Gasteiger partial charge is 0.392 e. The first-order valence-corrected chi connectivity index (χ1v) is 7.28. The Labute approximate surface area is 129 Å². The smallest absolute Gasteiger partial charge is 0.0681 e. The fraction of sp³-hybridized carbons (Fsp3) is 0.250. The van der Waals surface area contributed by atoms with Crippen LogP contribution in [-0.2, 0) is 19.6 Å². The maximum Gasteiger partial charge on any atom is 0.0681 e. The Morgan fingerprint density at radius 2 is 1.65 bits per heavy atom. The summed E-state index contributed by atoms with van der Waals surface area (Å²) in [6.45, 7) is 1.74. The molecular weight excluding hydrogens is 293 g/mol. The van der Waals surface area contributed by atoms with Crippen molar-refractivity contribution in [3.05, 3.63) is 69.2 Å². The molecular formula is C16H17Cl2NO. The molecule has 0 aliphatic rings. The first-order valence-electron chi connectivity index (χ1n) is 6.52. The Balaban J connectivity index is 1.78. The number of rotatable bonds is 6. The van der Waals surface area contributed by atoms with Gasteiger partial charge in [0.1, 0.15) is 0 Å². The van der Waals surface area contributed by atoms with Crippen molar-refractivity contribution in [2.45, 2.75) is 19.6 Å². The quantitative estimate of drug-likeness (QED) is 0.795. The van der Waals surface area contributed by atoms with Crippen molar-refractivity contribution in [1.29, 1.82) is 0 Å². The Kier molecular flexibility index (Phi) is 5.86. The summed E-state index contributed by atoms with van der Waals surface area (Å²) < 4.78 is 0. The molecule has 0 saturated carbocycles. The van der Waals surface area contributed by atoms with Crippen molar-refractivity contribution >= 4 is 23.2 Å². The summed E-state index contributed by atoms with van der Waals surface area (Å²) in [5.74, 6) is 0. The van der Waals surface area contributed by atoms with Gasteiger partial charge in [0.15, 0.2) is 0 Å². The minimum atomic E-state index is 0.0861. The van der Waals surface area contributed by atoms with Crippen LogP contribution in [0.15, 0.2) is 42.5 Å². The van der Waals surface area contributed by atoms with Gasteiger partial charge in [0, 0.05) is 16.6 Å². The lowest BCUT2D eigenvalue weighted by atomic mass is 10.1. The van der Waals surface area contributed by atoms with Gasteiger partial charge in [0.05, 0.1) is 6.61 Å². The van der Waals surface area contributed by atoms with E-state index < -0.39 is 0 Å². The average Bonchev–Trinajstić information content (AvgIpc) is 2.46. The molecule has 0 radical (unpaired) electrons. The van der Waals surface area contributed by atoms with E-state index in [0.29, 0.717) is 10.0 Å². The second kappa shape index (κ2) is 7.65. The van der Waals surface area contributed by atoms with Crippen molar-refractivity contribution < 1.29 is 5.11 Å². The molecule has 0 aromatic heterocycles. The molecule has 20 heavy (non-hydrogen) atoms. The molecule has 0 fully saturated rings. The summed E-state index contributed by atoms with van der Waals surface area (Å²) in [7, 11) is 0. The zero-order valence-electron chi connectivity index (χ0n) is 11.1. The Morgan fingerprint density at radius 1 is 0.950 bits per heavy atom.